The lowest BCUT2D eigenvalue weighted by Gasteiger charge is -2.10. The number of amides is 1. The standard InChI is InChI=1S/C16H12ClN5O4/c17-13-7-11(1-3-14(13)20-6-5-18-10-20)19-15(23)9-21-8-12(22(25)26)2-4-16(21)24/h1-8,10H,9H2,(H,19,23). The molecule has 0 bridgehead atoms. The van der Waals surface area contributed by atoms with Crippen LogP contribution in [0.15, 0.2) is 60.0 Å². The second-order valence-corrected chi connectivity index (χ2v) is 5.70. The molecule has 0 saturated carbocycles. The van der Waals surface area contributed by atoms with Gasteiger partial charge in [0.05, 0.1) is 28.2 Å². The minimum atomic E-state index is -0.636. The molecule has 0 spiro atoms. The summed E-state index contributed by atoms with van der Waals surface area (Å²) in [6.07, 6.45) is 5.96. The molecule has 0 saturated heterocycles. The van der Waals surface area contributed by atoms with Gasteiger partial charge in [0.1, 0.15) is 6.54 Å². The maximum Gasteiger partial charge on any atom is 0.285 e. The number of nitrogens with zero attached hydrogens (tertiary/aromatic N) is 4. The summed E-state index contributed by atoms with van der Waals surface area (Å²) in [7, 11) is 0. The van der Waals surface area contributed by atoms with Gasteiger partial charge in [-0.05, 0) is 18.2 Å². The smallest absolute Gasteiger partial charge is 0.285 e. The number of nitro groups is 1. The van der Waals surface area contributed by atoms with E-state index >= 15 is 0 Å². The number of imidazole rings is 1. The van der Waals surface area contributed by atoms with Gasteiger partial charge in [0.2, 0.25) is 5.91 Å². The van der Waals surface area contributed by atoms with Gasteiger partial charge in [0.15, 0.2) is 0 Å². The van der Waals surface area contributed by atoms with Crippen LogP contribution < -0.4 is 10.9 Å². The average molecular weight is 374 g/mol. The Labute approximate surface area is 151 Å². The molecule has 9 nitrogen and oxygen atoms in total. The first kappa shape index (κ1) is 17.4. The molecule has 2 heterocycles. The Morgan fingerprint density at radius 1 is 1.31 bits per heavy atom. The second kappa shape index (κ2) is 7.19. The molecule has 0 fully saturated rings. The fourth-order valence-electron chi connectivity index (χ4n) is 2.30. The van der Waals surface area contributed by atoms with Gasteiger partial charge in [-0.25, -0.2) is 4.98 Å². The van der Waals surface area contributed by atoms with Gasteiger partial charge in [0, 0.05) is 30.2 Å². The highest BCUT2D eigenvalue weighted by atomic mass is 35.5. The summed E-state index contributed by atoms with van der Waals surface area (Å²) in [5.74, 6) is -0.515. The molecule has 26 heavy (non-hydrogen) atoms. The summed E-state index contributed by atoms with van der Waals surface area (Å²) in [4.78, 5) is 38.0. The van der Waals surface area contributed by atoms with Crippen LogP contribution in [-0.2, 0) is 11.3 Å². The minimum absolute atomic E-state index is 0.273. The number of nitrogens with one attached hydrogen (secondary N) is 1. The minimum Gasteiger partial charge on any atom is -0.324 e. The van der Waals surface area contributed by atoms with Crippen molar-refractivity contribution in [1.29, 1.82) is 0 Å². The molecule has 0 aliphatic rings. The SMILES string of the molecule is O=C(Cn1cc([N+](=O)[O-])ccc1=O)Nc1ccc(-n2ccnc2)c(Cl)c1. The molecule has 3 aromatic rings. The van der Waals surface area contributed by atoms with Crippen molar-refractivity contribution in [2.45, 2.75) is 6.54 Å². The van der Waals surface area contributed by atoms with Crippen LogP contribution in [0.25, 0.3) is 5.69 Å². The first-order valence-corrected chi connectivity index (χ1v) is 7.74. The summed E-state index contributed by atoms with van der Waals surface area (Å²) in [5.41, 5.74) is 0.337. The van der Waals surface area contributed by atoms with Crippen LogP contribution in [0.4, 0.5) is 11.4 Å². The third-order valence-electron chi connectivity index (χ3n) is 3.51. The molecule has 2 aromatic heterocycles. The first-order chi connectivity index (χ1) is 12.4. The van der Waals surface area contributed by atoms with Gasteiger partial charge >= 0.3 is 0 Å². The van der Waals surface area contributed by atoms with Crippen molar-refractivity contribution >= 4 is 28.9 Å². The monoisotopic (exact) mass is 373 g/mol. The molecular formula is C16H12ClN5O4. The molecule has 1 amide bonds. The molecule has 3 rings (SSSR count). The van der Waals surface area contributed by atoms with E-state index in [1.165, 1.54) is 0 Å². The first-order valence-electron chi connectivity index (χ1n) is 7.36. The van der Waals surface area contributed by atoms with Gasteiger partial charge in [-0.2, -0.15) is 0 Å². The predicted octanol–water partition coefficient (Wildman–Crippen LogP) is 2.23. The molecule has 10 heteroatoms. The van der Waals surface area contributed by atoms with Crippen LogP contribution in [0.3, 0.4) is 0 Å². The van der Waals surface area contributed by atoms with Crippen LogP contribution in [0.1, 0.15) is 0 Å². The van der Waals surface area contributed by atoms with Crippen molar-refractivity contribution in [3.05, 3.63) is 80.7 Å². The van der Waals surface area contributed by atoms with Crippen molar-refractivity contribution in [3.63, 3.8) is 0 Å². The van der Waals surface area contributed by atoms with Crippen LogP contribution >= 0.6 is 11.6 Å². The Hall–Kier alpha value is -3.46. The third kappa shape index (κ3) is 3.78. The number of rotatable bonds is 5. The summed E-state index contributed by atoms with van der Waals surface area (Å²) >= 11 is 6.22. The van der Waals surface area contributed by atoms with Gasteiger partial charge in [-0.15, -0.1) is 0 Å². The Bertz CT molecular complexity index is 1030. The van der Waals surface area contributed by atoms with E-state index in [2.05, 4.69) is 10.3 Å². The molecular weight excluding hydrogens is 362 g/mol. The quantitative estimate of drug-likeness (QED) is 0.544. The number of aromatic nitrogens is 3. The fourth-order valence-corrected chi connectivity index (χ4v) is 2.58. The second-order valence-electron chi connectivity index (χ2n) is 5.29. The summed E-state index contributed by atoms with van der Waals surface area (Å²) < 4.78 is 2.69. The third-order valence-corrected chi connectivity index (χ3v) is 3.81. The maximum atomic E-state index is 12.1. The predicted molar refractivity (Wildman–Crippen MR) is 94.6 cm³/mol. The van der Waals surface area contributed by atoms with Crippen molar-refractivity contribution in [2.75, 3.05) is 5.32 Å². The maximum absolute atomic E-state index is 12.1. The molecule has 132 valence electrons. The summed E-state index contributed by atoms with van der Waals surface area (Å²) in [6.45, 7) is -0.360. The lowest BCUT2D eigenvalue weighted by molar-refractivity contribution is -0.385. The van der Waals surface area contributed by atoms with Gasteiger partial charge in [-0.1, -0.05) is 11.6 Å². The van der Waals surface area contributed by atoms with Crippen LogP contribution in [-0.4, -0.2) is 24.9 Å². The van der Waals surface area contributed by atoms with Crippen molar-refractivity contribution in [1.82, 2.24) is 14.1 Å². The van der Waals surface area contributed by atoms with E-state index in [1.807, 2.05) is 0 Å². The highest BCUT2D eigenvalue weighted by Crippen LogP contribution is 2.24. The number of carbonyl (C=O) groups is 1. The van der Waals surface area contributed by atoms with E-state index in [4.69, 9.17) is 11.6 Å². The zero-order valence-electron chi connectivity index (χ0n) is 13.2. The van der Waals surface area contributed by atoms with Crippen molar-refractivity contribution in [2.24, 2.45) is 0 Å². The number of pyridine rings is 1. The topological polar surface area (TPSA) is 112 Å². The summed E-state index contributed by atoms with van der Waals surface area (Å²) in [5, 5.41) is 13.8. The van der Waals surface area contributed by atoms with E-state index in [0.717, 1.165) is 22.9 Å². The van der Waals surface area contributed by atoms with Gasteiger partial charge < -0.3 is 9.88 Å². The zero-order valence-corrected chi connectivity index (χ0v) is 14.0. The normalized spacial score (nSPS) is 10.5. The molecule has 0 unspecified atom stereocenters. The number of hydrogen-bond acceptors (Lipinski definition) is 5. The highest BCUT2D eigenvalue weighted by molar-refractivity contribution is 6.32. The molecule has 0 radical (unpaired) electrons. The van der Waals surface area contributed by atoms with Crippen LogP contribution in [0.5, 0.6) is 0 Å². The molecule has 0 aliphatic carbocycles. The Kier molecular flexibility index (Phi) is 4.81. The average Bonchev–Trinajstić information content (AvgIpc) is 3.11. The van der Waals surface area contributed by atoms with Crippen molar-refractivity contribution < 1.29 is 9.72 Å². The lowest BCUT2D eigenvalue weighted by atomic mass is 10.2. The van der Waals surface area contributed by atoms with Crippen molar-refractivity contribution in [3.8, 4) is 5.69 Å². The fraction of sp³-hybridized carbons (Fsp3) is 0.0625. The molecule has 1 N–H and O–H groups in total. The lowest BCUT2D eigenvalue weighted by Crippen LogP contribution is -2.27. The van der Waals surface area contributed by atoms with Crippen LogP contribution in [0.2, 0.25) is 5.02 Å². The van der Waals surface area contributed by atoms with E-state index in [-0.39, 0.29) is 12.2 Å². The number of halogens is 1. The molecule has 0 atom stereocenters. The zero-order chi connectivity index (χ0) is 18.7. The van der Waals surface area contributed by atoms with E-state index < -0.39 is 16.4 Å². The highest BCUT2D eigenvalue weighted by Gasteiger charge is 2.12. The molecule has 0 aliphatic heterocycles. The Balaban J connectivity index is 1.75. The number of anilines is 1. The van der Waals surface area contributed by atoms with Gasteiger partial charge in [0.25, 0.3) is 11.2 Å². The summed E-state index contributed by atoms with van der Waals surface area (Å²) in [6, 6.07) is 7.05. The van der Waals surface area contributed by atoms with E-state index in [9.17, 15) is 19.7 Å². The number of carbonyl (C=O) groups excluding carboxylic acids is 1. The van der Waals surface area contributed by atoms with E-state index in [1.54, 1.807) is 41.5 Å². The Morgan fingerprint density at radius 3 is 2.77 bits per heavy atom. The molecule has 1 aromatic carbocycles. The number of benzene rings is 1. The Morgan fingerprint density at radius 2 is 2.12 bits per heavy atom. The van der Waals surface area contributed by atoms with E-state index in [0.29, 0.717) is 16.4 Å². The van der Waals surface area contributed by atoms with Gasteiger partial charge in [-0.3, -0.25) is 24.3 Å². The van der Waals surface area contributed by atoms with Crippen LogP contribution in [0, 0.1) is 10.1 Å². The number of hydrogen-bond donors (Lipinski definition) is 1. The largest absolute Gasteiger partial charge is 0.324 e.